The van der Waals surface area contributed by atoms with Crippen LogP contribution in [0.15, 0.2) is 22.8 Å². The molecule has 2 rings (SSSR count). The fourth-order valence-corrected chi connectivity index (χ4v) is 2.96. The highest BCUT2D eigenvalue weighted by Crippen LogP contribution is 2.33. The van der Waals surface area contributed by atoms with Crippen molar-refractivity contribution in [1.82, 2.24) is 0 Å². The molecule has 0 aliphatic rings. The first kappa shape index (κ1) is 15.8. The van der Waals surface area contributed by atoms with Gasteiger partial charge in [-0.15, -0.1) is 11.3 Å². The highest BCUT2D eigenvalue weighted by Gasteiger charge is 2.25. The predicted octanol–water partition coefficient (Wildman–Crippen LogP) is 2.18. The summed E-state index contributed by atoms with van der Waals surface area (Å²) in [5.41, 5.74) is 5.81. The molecule has 0 fully saturated rings. The highest BCUT2D eigenvalue weighted by molar-refractivity contribution is 7.18. The van der Waals surface area contributed by atoms with Crippen LogP contribution < -0.4 is 11.1 Å². The Morgan fingerprint density at radius 1 is 1.41 bits per heavy atom. The Labute approximate surface area is 130 Å². The van der Waals surface area contributed by atoms with Gasteiger partial charge in [0.25, 0.3) is 11.8 Å². The van der Waals surface area contributed by atoms with Gasteiger partial charge >= 0.3 is 5.97 Å². The molecule has 0 spiro atoms. The van der Waals surface area contributed by atoms with E-state index in [0.29, 0.717) is 5.56 Å². The lowest BCUT2D eigenvalue weighted by Gasteiger charge is -2.02. The molecule has 22 heavy (non-hydrogen) atoms. The highest BCUT2D eigenvalue weighted by atomic mass is 32.1. The lowest BCUT2D eigenvalue weighted by Crippen LogP contribution is -2.17. The SMILES string of the molecule is CCOC(=O)c1sc(NC(=O)c2ccco2)c(C(N)=O)c1C. The van der Waals surface area contributed by atoms with E-state index in [1.165, 1.54) is 12.3 Å². The van der Waals surface area contributed by atoms with E-state index in [0.717, 1.165) is 11.3 Å². The number of hydrogen-bond acceptors (Lipinski definition) is 6. The molecule has 0 saturated heterocycles. The molecule has 0 atom stereocenters. The van der Waals surface area contributed by atoms with E-state index in [1.54, 1.807) is 19.9 Å². The van der Waals surface area contributed by atoms with Crippen LogP contribution in [-0.4, -0.2) is 24.4 Å². The zero-order valence-corrected chi connectivity index (χ0v) is 12.8. The monoisotopic (exact) mass is 322 g/mol. The topological polar surface area (TPSA) is 112 Å². The summed E-state index contributed by atoms with van der Waals surface area (Å²) in [7, 11) is 0. The Balaban J connectivity index is 2.38. The first-order chi connectivity index (χ1) is 10.5. The lowest BCUT2D eigenvalue weighted by molar-refractivity contribution is 0.0531. The standard InChI is InChI=1S/C14H14N2O5S/c1-3-20-14(19)10-7(2)9(11(15)17)13(22-10)16-12(18)8-5-4-6-21-8/h4-6H,3H2,1-2H3,(H2,15,17)(H,16,18). The molecule has 7 nitrogen and oxygen atoms in total. The van der Waals surface area contributed by atoms with Gasteiger partial charge in [0.2, 0.25) is 0 Å². The number of furan rings is 1. The smallest absolute Gasteiger partial charge is 0.348 e. The number of thiophene rings is 1. The molecule has 2 amide bonds. The summed E-state index contributed by atoms with van der Waals surface area (Å²) in [5.74, 6) is -1.76. The number of carbonyl (C=O) groups excluding carboxylic acids is 3. The van der Waals surface area contributed by atoms with Crippen molar-refractivity contribution in [2.24, 2.45) is 5.73 Å². The molecular weight excluding hydrogens is 308 g/mol. The number of carbonyl (C=O) groups is 3. The van der Waals surface area contributed by atoms with Crippen LogP contribution in [0.2, 0.25) is 0 Å². The van der Waals surface area contributed by atoms with Crippen molar-refractivity contribution in [2.75, 3.05) is 11.9 Å². The zero-order valence-electron chi connectivity index (χ0n) is 12.0. The van der Waals surface area contributed by atoms with Gasteiger partial charge in [-0.3, -0.25) is 9.59 Å². The van der Waals surface area contributed by atoms with Crippen LogP contribution in [0.3, 0.4) is 0 Å². The van der Waals surface area contributed by atoms with Gasteiger partial charge in [-0.25, -0.2) is 4.79 Å². The zero-order chi connectivity index (χ0) is 16.3. The second kappa shape index (κ2) is 6.44. The first-order valence-corrected chi connectivity index (χ1v) is 7.22. The van der Waals surface area contributed by atoms with E-state index in [-0.39, 0.29) is 27.8 Å². The van der Waals surface area contributed by atoms with Crippen LogP contribution in [0.4, 0.5) is 5.00 Å². The molecule has 0 aliphatic heterocycles. The van der Waals surface area contributed by atoms with Gasteiger partial charge in [-0.1, -0.05) is 0 Å². The van der Waals surface area contributed by atoms with Crippen LogP contribution in [0.1, 0.15) is 43.1 Å². The maximum absolute atomic E-state index is 12.0. The minimum Gasteiger partial charge on any atom is -0.462 e. The molecule has 116 valence electrons. The van der Waals surface area contributed by atoms with Crippen LogP contribution in [-0.2, 0) is 4.74 Å². The van der Waals surface area contributed by atoms with Crippen LogP contribution in [0.25, 0.3) is 0 Å². The summed E-state index contributed by atoms with van der Waals surface area (Å²) in [4.78, 5) is 35.7. The number of anilines is 1. The molecule has 3 N–H and O–H groups in total. The second-order valence-corrected chi connectivity index (χ2v) is 5.30. The van der Waals surface area contributed by atoms with E-state index in [2.05, 4.69) is 5.32 Å². The largest absolute Gasteiger partial charge is 0.462 e. The number of ether oxygens (including phenoxy) is 1. The van der Waals surface area contributed by atoms with E-state index in [4.69, 9.17) is 14.9 Å². The summed E-state index contributed by atoms with van der Waals surface area (Å²) >= 11 is 0.939. The van der Waals surface area contributed by atoms with Gasteiger partial charge < -0.3 is 20.2 Å². The maximum Gasteiger partial charge on any atom is 0.348 e. The average molecular weight is 322 g/mol. The Morgan fingerprint density at radius 2 is 2.14 bits per heavy atom. The normalized spacial score (nSPS) is 10.3. The van der Waals surface area contributed by atoms with Gasteiger partial charge in [0.1, 0.15) is 9.88 Å². The number of primary amides is 1. The van der Waals surface area contributed by atoms with Crippen molar-refractivity contribution in [2.45, 2.75) is 13.8 Å². The molecular formula is C14H14N2O5S. The molecule has 2 heterocycles. The molecule has 8 heteroatoms. The number of amides is 2. The third-order valence-corrected chi connectivity index (χ3v) is 4.01. The van der Waals surface area contributed by atoms with Gasteiger partial charge in [-0.05, 0) is 31.5 Å². The number of hydrogen-bond donors (Lipinski definition) is 2. The van der Waals surface area contributed by atoms with Crippen molar-refractivity contribution < 1.29 is 23.5 Å². The third-order valence-electron chi connectivity index (χ3n) is 2.83. The van der Waals surface area contributed by atoms with Crippen molar-refractivity contribution in [1.29, 1.82) is 0 Å². The van der Waals surface area contributed by atoms with E-state index >= 15 is 0 Å². The average Bonchev–Trinajstić information content (AvgIpc) is 3.07. The molecule has 0 bridgehead atoms. The summed E-state index contributed by atoms with van der Waals surface area (Å²) in [5, 5.41) is 2.72. The quantitative estimate of drug-likeness (QED) is 0.819. The fourth-order valence-electron chi connectivity index (χ4n) is 1.86. The van der Waals surface area contributed by atoms with Crippen molar-refractivity contribution in [3.63, 3.8) is 0 Å². The van der Waals surface area contributed by atoms with E-state index < -0.39 is 17.8 Å². The fraction of sp³-hybridized carbons (Fsp3) is 0.214. The minimum absolute atomic E-state index is 0.0826. The number of esters is 1. The Hall–Kier alpha value is -2.61. The minimum atomic E-state index is -0.737. The molecule has 0 saturated carbocycles. The molecule has 0 aliphatic carbocycles. The molecule has 0 unspecified atom stereocenters. The van der Waals surface area contributed by atoms with Crippen molar-refractivity contribution in [3.8, 4) is 0 Å². The molecule has 0 aromatic carbocycles. The first-order valence-electron chi connectivity index (χ1n) is 6.40. The lowest BCUT2D eigenvalue weighted by atomic mass is 10.1. The number of nitrogens with two attached hydrogens (primary N) is 1. The third kappa shape index (κ3) is 3.01. The maximum atomic E-state index is 12.0. The van der Waals surface area contributed by atoms with Crippen molar-refractivity contribution in [3.05, 3.63) is 40.2 Å². The van der Waals surface area contributed by atoms with Gasteiger partial charge in [0, 0.05) is 0 Å². The van der Waals surface area contributed by atoms with Gasteiger partial charge in [-0.2, -0.15) is 0 Å². The summed E-state index contributed by atoms with van der Waals surface area (Å²) < 4.78 is 9.90. The second-order valence-electron chi connectivity index (χ2n) is 4.28. The summed E-state index contributed by atoms with van der Waals surface area (Å²) in [6.07, 6.45) is 1.35. The molecule has 2 aromatic heterocycles. The Kier molecular flexibility index (Phi) is 4.62. The number of nitrogens with one attached hydrogen (secondary N) is 1. The van der Waals surface area contributed by atoms with Gasteiger partial charge in [0.15, 0.2) is 5.76 Å². The molecule has 2 aromatic rings. The Morgan fingerprint density at radius 3 is 2.68 bits per heavy atom. The summed E-state index contributed by atoms with van der Waals surface area (Å²) in [6.45, 7) is 3.46. The van der Waals surface area contributed by atoms with Crippen molar-refractivity contribution >= 4 is 34.1 Å². The van der Waals surface area contributed by atoms with Crippen LogP contribution >= 0.6 is 11.3 Å². The van der Waals surface area contributed by atoms with E-state index in [1.807, 2.05) is 0 Å². The van der Waals surface area contributed by atoms with Crippen LogP contribution in [0, 0.1) is 6.92 Å². The molecule has 0 radical (unpaired) electrons. The van der Waals surface area contributed by atoms with E-state index in [9.17, 15) is 14.4 Å². The van der Waals surface area contributed by atoms with Crippen LogP contribution in [0.5, 0.6) is 0 Å². The van der Waals surface area contributed by atoms with Gasteiger partial charge in [0.05, 0.1) is 18.4 Å². The summed E-state index contributed by atoms with van der Waals surface area (Å²) in [6, 6.07) is 3.04. The predicted molar refractivity (Wildman–Crippen MR) is 80.2 cm³/mol. The number of rotatable bonds is 5. The Bertz CT molecular complexity index is 718.